The number of aromatic nitrogens is 3. The third-order valence-electron chi connectivity index (χ3n) is 9.59. The maximum atomic E-state index is 14.6. The minimum absolute atomic E-state index is 0.0108. The Hall–Kier alpha value is -4.33. The van der Waals surface area contributed by atoms with Crippen molar-refractivity contribution in [1.82, 2.24) is 24.8 Å². The second-order valence-electron chi connectivity index (χ2n) is 12.1. The Morgan fingerprint density at radius 3 is 2.78 bits per heavy atom. The first-order valence-corrected chi connectivity index (χ1v) is 15.8. The van der Waals surface area contributed by atoms with E-state index < -0.39 is 5.82 Å². The number of fused-ring (bicyclic) bond motifs is 3. The lowest BCUT2D eigenvalue weighted by Crippen LogP contribution is -2.55. The van der Waals surface area contributed by atoms with Gasteiger partial charge in [-0.15, -0.1) is 0 Å². The Morgan fingerprint density at radius 1 is 1.18 bits per heavy atom. The molecule has 0 bridgehead atoms. The van der Waals surface area contributed by atoms with E-state index in [-0.39, 0.29) is 34.9 Å². The Kier molecular flexibility index (Phi) is 7.76. The highest BCUT2D eigenvalue weighted by Crippen LogP contribution is 2.40. The highest BCUT2D eigenvalue weighted by Gasteiger charge is 2.45. The van der Waals surface area contributed by atoms with Crippen LogP contribution in [-0.4, -0.2) is 81.6 Å². The third-order valence-corrected chi connectivity index (χ3v) is 9.96. The molecule has 11 heteroatoms. The van der Waals surface area contributed by atoms with Gasteiger partial charge < -0.3 is 14.5 Å². The molecule has 0 radical (unpaired) electrons. The summed E-state index contributed by atoms with van der Waals surface area (Å²) >= 11 is 6.47. The number of rotatable bonds is 7. The first-order chi connectivity index (χ1) is 21.9. The number of hydrogen-bond donors (Lipinski definition) is 0. The van der Waals surface area contributed by atoms with Gasteiger partial charge in [0, 0.05) is 36.8 Å². The molecule has 2 aromatic carbocycles. The lowest BCUT2D eigenvalue weighted by molar-refractivity contribution is -0.128. The number of pyridine rings is 1. The topological polar surface area (TPSA) is 98.5 Å². The number of ether oxygens (including phenoxy) is 1. The van der Waals surface area contributed by atoms with Crippen LogP contribution in [0.5, 0.6) is 6.01 Å². The van der Waals surface area contributed by atoms with E-state index in [1.54, 1.807) is 17.2 Å². The van der Waals surface area contributed by atoms with E-state index >= 15 is 0 Å². The molecular weight excluding hydrogens is 593 g/mol. The summed E-state index contributed by atoms with van der Waals surface area (Å²) in [6.07, 6.45) is 7.68. The minimum Gasteiger partial charge on any atom is -0.461 e. The van der Waals surface area contributed by atoms with Crippen molar-refractivity contribution in [2.75, 3.05) is 44.2 Å². The number of nitrogens with zero attached hydrogens (tertiary/aromatic N) is 7. The molecule has 5 heterocycles. The zero-order valence-corrected chi connectivity index (χ0v) is 25.6. The fraction of sp³-hybridized carbons (Fsp3) is 0.382. The van der Waals surface area contributed by atoms with E-state index in [2.05, 4.69) is 22.4 Å². The summed E-state index contributed by atoms with van der Waals surface area (Å²) in [5.41, 5.74) is 2.63. The first kappa shape index (κ1) is 29.4. The molecule has 0 saturated carbocycles. The Bertz CT molecular complexity index is 1850. The fourth-order valence-electron chi connectivity index (χ4n) is 7.36. The van der Waals surface area contributed by atoms with Gasteiger partial charge in [0.15, 0.2) is 5.82 Å². The molecule has 2 aromatic heterocycles. The van der Waals surface area contributed by atoms with E-state index in [1.807, 2.05) is 24.3 Å². The SMILES string of the molecule is C=CC(=O)N1CCN(c2nc(OCC34CCCN3CCC4)nc3cc(-c4cccc5ccc(F)c(Cl)c45)cnc23)C[C@@H]1CC#N. The molecule has 3 aliphatic heterocycles. The molecule has 0 aliphatic carbocycles. The predicted molar refractivity (Wildman–Crippen MR) is 172 cm³/mol. The van der Waals surface area contributed by atoms with Gasteiger partial charge in [0.2, 0.25) is 5.91 Å². The van der Waals surface area contributed by atoms with Crippen LogP contribution in [0.2, 0.25) is 5.02 Å². The van der Waals surface area contributed by atoms with E-state index in [0.717, 1.165) is 55.3 Å². The summed E-state index contributed by atoms with van der Waals surface area (Å²) in [4.78, 5) is 33.4. The highest BCUT2D eigenvalue weighted by atomic mass is 35.5. The third kappa shape index (κ3) is 5.24. The zero-order chi connectivity index (χ0) is 31.1. The first-order valence-electron chi connectivity index (χ1n) is 15.4. The summed E-state index contributed by atoms with van der Waals surface area (Å²) in [6.45, 7) is 7.61. The lowest BCUT2D eigenvalue weighted by atomic mass is 9.95. The number of piperazine rings is 1. The summed E-state index contributed by atoms with van der Waals surface area (Å²) < 4.78 is 21.0. The summed E-state index contributed by atoms with van der Waals surface area (Å²) in [6, 6.07) is 12.8. The minimum atomic E-state index is -0.487. The van der Waals surface area contributed by atoms with Gasteiger partial charge in [-0.2, -0.15) is 15.2 Å². The normalized spacial score (nSPS) is 19.5. The molecule has 7 rings (SSSR count). The van der Waals surface area contributed by atoms with Crippen molar-refractivity contribution >= 4 is 45.1 Å². The van der Waals surface area contributed by atoms with Gasteiger partial charge in [-0.1, -0.05) is 42.4 Å². The van der Waals surface area contributed by atoms with Gasteiger partial charge in [0.1, 0.15) is 17.9 Å². The predicted octanol–water partition coefficient (Wildman–Crippen LogP) is 5.76. The molecule has 9 nitrogen and oxygen atoms in total. The maximum Gasteiger partial charge on any atom is 0.319 e. The number of amides is 1. The fourth-order valence-corrected chi connectivity index (χ4v) is 7.63. The number of carbonyl (C=O) groups is 1. The molecule has 0 unspecified atom stereocenters. The van der Waals surface area contributed by atoms with Crippen LogP contribution in [0.4, 0.5) is 10.2 Å². The number of nitriles is 1. The van der Waals surface area contributed by atoms with Gasteiger partial charge in [0.25, 0.3) is 0 Å². The Labute approximate surface area is 265 Å². The van der Waals surface area contributed by atoms with Crippen LogP contribution in [0, 0.1) is 17.1 Å². The molecule has 230 valence electrons. The molecule has 1 atom stereocenters. The van der Waals surface area contributed by atoms with Crippen LogP contribution in [0.1, 0.15) is 32.1 Å². The molecule has 45 heavy (non-hydrogen) atoms. The summed E-state index contributed by atoms with van der Waals surface area (Å²) in [5.74, 6) is -0.0975. The van der Waals surface area contributed by atoms with Crippen LogP contribution < -0.4 is 9.64 Å². The van der Waals surface area contributed by atoms with Crippen LogP contribution in [0.25, 0.3) is 32.9 Å². The van der Waals surface area contributed by atoms with Crippen LogP contribution in [0.3, 0.4) is 0 Å². The summed E-state index contributed by atoms with van der Waals surface area (Å²) in [5, 5.41) is 11.0. The summed E-state index contributed by atoms with van der Waals surface area (Å²) in [7, 11) is 0. The standard InChI is InChI=1S/C34H33ClFN7O2/c1-2-28(44)43-17-16-41(20-24(43)10-13-37)32-31-27(39-33(40-32)45-21-34-11-4-14-42(34)15-5-12-34)18-23(19-38-31)25-7-3-6-22-8-9-26(36)30(35)29(22)25/h2-3,6-9,18-19,24H,1,4-5,10-12,14-17,20-21H2/t24-/m0/s1. The number of carbonyl (C=O) groups excluding carboxylic acids is 1. The van der Waals surface area contributed by atoms with Gasteiger partial charge in [0.05, 0.1) is 34.6 Å². The molecule has 4 aromatic rings. The highest BCUT2D eigenvalue weighted by molar-refractivity contribution is 6.36. The number of anilines is 1. The van der Waals surface area contributed by atoms with Gasteiger partial charge in [-0.25, -0.2) is 4.39 Å². The van der Waals surface area contributed by atoms with Gasteiger partial charge >= 0.3 is 6.01 Å². The van der Waals surface area contributed by atoms with E-state index in [1.165, 1.54) is 12.1 Å². The van der Waals surface area contributed by atoms with Crippen molar-refractivity contribution in [3.8, 4) is 23.2 Å². The molecule has 0 spiro atoms. The Morgan fingerprint density at radius 2 is 2.00 bits per heavy atom. The second kappa shape index (κ2) is 11.9. The number of benzene rings is 2. The number of hydrogen-bond acceptors (Lipinski definition) is 8. The van der Waals surface area contributed by atoms with Crippen molar-refractivity contribution in [2.24, 2.45) is 0 Å². The average molecular weight is 626 g/mol. The maximum absolute atomic E-state index is 14.6. The monoisotopic (exact) mass is 625 g/mol. The van der Waals surface area contributed by atoms with E-state index in [4.69, 9.17) is 31.3 Å². The second-order valence-corrected chi connectivity index (χ2v) is 12.5. The van der Waals surface area contributed by atoms with E-state index in [0.29, 0.717) is 48.5 Å². The smallest absolute Gasteiger partial charge is 0.319 e. The van der Waals surface area contributed by atoms with Crippen LogP contribution >= 0.6 is 11.6 Å². The quantitative estimate of drug-likeness (QED) is 0.239. The van der Waals surface area contributed by atoms with Gasteiger partial charge in [-0.3, -0.25) is 14.7 Å². The van der Waals surface area contributed by atoms with Crippen LogP contribution in [-0.2, 0) is 4.79 Å². The average Bonchev–Trinajstić information content (AvgIpc) is 3.65. The van der Waals surface area contributed by atoms with Crippen molar-refractivity contribution in [1.29, 1.82) is 5.26 Å². The molecule has 1 amide bonds. The van der Waals surface area contributed by atoms with Crippen LogP contribution in [0.15, 0.2) is 55.3 Å². The molecule has 3 saturated heterocycles. The van der Waals surface area contributed by atoms with Gasteiger partial charge in [-0.05, 0) is 67.9 Å². The molecule has 0 N–H and O–H groups in total. The van der Waals surface area contributed by atoms with Crippen molar-refractivity contribution in [3.63, 3.8) is 0 Å². The number of halogens is 2. The molecule has 3 fully saturated rings. The lowest BCUT2D eigenvalue weighted by Gasteiger charge is -2.40. The molecule has 3 aliphatic rings. The molecular formula is C34H33ClFN7O2. The van der Waals surface area contributed by atoms with E-state index in [9.17, 15) is 14.4 Å². The van der Waals surface area contributed by atoms with Crippen molar-refractivity contribution in [2.45, 2.75) is 43.7 Å². The largest absolute Gasteiger partial charge is 0.461 e. The Balaban J connectivity index is 1.31. The van der Waals surface area contributed by atoms with Crippen molar-refractivity contribution in [3.05, 3.63) is 66.1 Å². The van der Waals surface area contributed by atoms with Crippen molar-refractivity contribution < 1.29 is 13.9 Å². The zero-order valence-electron chi connectivity index (χ0n) is 24.9.